The Labute approximate surface area is 190 Å². The molecule has 7 nitrogen and oxygen atoms in total. The Morgan fingerprint density at radius 1 is 0.909 bits per heavy atom. The molecule has 0 saturated heterocycles. The summed E-state index contributed by atoms with van der Waals surface area (Å²) in [5, 5.41) is 15.2. The van der Waals surface area contributed by atoms with Crippen LogP contribution in [-0.2, 0) is 0 Å². The first-order chi connectivity index (χ1) is 16.0. The van der Waals surface area contributed by atoms with Crippen molar-refractivity contribution >= 4 is 17.3 Å². The third kappa shape index (κ3) is 4.43. The second-order valence-electron chi connectivity index (χ2n) is 7.32. The number of para-hydroxylation sites is 1. The van der Waals surface area contributed by atoms with E-state index < -0.39 is 10.8 Å². The summed E-state index contributed by atoms with van der Waals surface area (Å²) in [6.07, 6.45) is 0. The number of rotatable bonds is 6. The number of carbonyl (C=O) groups excluding carboxylic acids is 1. The number of aromatic nitrogens is 1. The van der Waals surface area contributed by atoms with Gasteiger partial charge in [0.05, 0.1) is 28.9 Å². The zero-order chi connectivity index (χ0) is 23.4. The molecule has 4 rings (SSSR count). The maximum atomic E-state index is 13.4. The van der Waals surface area contributed by atoms with Gasteiger partial charge >= 0.3 is 5.69 Å². The number of carbonyl (C=O) groups is 1. The molecule has 0 radical (unpaired) electrons. The van der Waals surface area contributed by atoms with E-state index in [1.165, 1.54) is 0 Å². The smallest absolute Gasteiger partial charge is 0.304 e. The largest absolute Gasteiger partial charge is 0.497 e. The maximum absolute atomic E-state index is 13.4. The molecule has 0 saturated carbocycles. The van der Waals surface area contributed by atoms with Crippen molar-refractivity contribution in [2.75, 3.05) is 12.4 Å². The number of methoxy groups -OCH3 is 1. The molecule has 4 aromatic rings. The lowest BCUT2D eigenvalue weighted by atomic mass is 9.93. The van der Waals surface area contributed by atoms with Crippen LogP contribution < -0.4 is 10.1 Å². The average Bonchev–Trinajstić information content (AvgIpc) is 2.84. The highest BCUT2D eigenvalue weighted by molar-refractivity contribution is 6.11. The Bertz CT molecular complexity index is 1310. The Kier molecular flexibility index (Phi) is 6.13. The summed E-state index contributed by atoms with van der Waals surface area (Å²) in [5.74, 6) is 0.130. The van der Waals surface area contributed by atoms with Crippen LogP contribution in [-0.4, -0.2) is 22.9 Å². The minimum absolute atomic E-state index is 0.149. The van der Waals surface area contributed by atoms with Crippen molar-refractivity contribution < 1.29 is 14.5 Å². The summed E-state index contributed by atoms with van der Waals surface area (Å²) < 4.78 is 5.23. The predicted octanol–water partition coefficient (Wildman–Crippen LogP) is 5.89. The van der Waals surface area contributed by atoms with Crippen molar-refractivity contribution in [1.29, 1.82) is 0 Å². The minimum atomic E-state index is -0.479. The van der Waals surface area contributed by atoms with Crippen LogP contribution in [0.15, 0.2) is 84.9 Å². The van der Waals surface area contributed by atoms with E-state index in [-0.39, 0.29) is 22.5 Å². The number of aryl methyl sites for hydroxylation is 1. The number of hydrogen-bond donors (Lipinski definition) is 1. The first kappa shape index (κ1) is 21.7. The number of ether oxygens (including phenoxy) is 1. The van der Waals surface area contributed by atoms with Crippen LogP contribution in [0.5, 0.6) is 5.75 Å². The Hall–Kier alpha value is -4.52. The molecule has 33 heavy (non-hydrogen) atoms. The van der Waals surface area contributed by atoms with Crippen molar-refractivity contribution in [1.82, 2.24) is 4.98 Å². The predicted molar refractivity (Wildman–Crippen MR) is 127 cm³/mol. The molecule has 0 aliphatic carbocycles. The van der Waals surface area contributed by atoms with Gasteiger partial charge in [-0.3, -0.25) is 14.9 Å². The van der Waals surface area contributed by atoms with Gasteiger partial charge in [-0.1, -0.05) is 60.7 Å². The second-order valence-corrected chi connectivity index (χ2v) is 7.32. The van der Waals surface area contributed by atoms with E-state index in [9.17, 15) is 14.9 Å². The molecule has 0 aliphatic rings. The van der Waals surface area contributed by atoms with Crippen LogP contribution in [0.3, 0.4) is 0 Å². The third-order valence-corrected chi connectivity index (χ3v) is 5.22. The van der Waals surface area contributed by atoms with Gasteiger partial charge in [0.15, 0.2) is 0 Å². The second kappa shape index (κ2) is 9.32. The molecule has 0 aliphatic heterocycles. The molecule has 7 heteroatoms. The number of hydrogen-bond acceptors (Lipinski definition) is 5. The quantitative estimate of drug-likeness (QED) is 0.298. The average molecular weight is 439 g/mol. The first-order valence-electron chi connectivity index (χ1n) is 10.2. The fourth-order valence-electron chi connectivity index (χ4n) is 3.70. The van der Waals surface area contributed by atoms with Crippen molar-refractivity contribution in [3.8, 4) is 28.1 Å². The summed E-state index contributed by atoms with van der Waals surface area (Å²) in [7, 11) is 1.54. The van der Waals surface area contributed by atoms with E-state index in [0.717, 1.165) is 0 Å². The number of nitro groups is 1. The minimum Gasteiger partial charge on any atom is -0.497 e. The lowest BCUT2D eigenvalue weighted by Gasteiger charge is -2.16. The molecule has 0 unspecified atom stereocenters. The molecule has 1 aromatic heterocycles. The van der Waals surface area contributed by atoms with Gasteiger partial charge in [0, 0.05) is 11.3 Å². The molecular weight excluding hydrogens is 418 g/mol. The molecular formula is C26H21N3O4. The van der Waals surface area contributed by atoms with Gasteiger partial charge in [-0.15, -0.1) is 0 Å². The van der Waals surface area contributed by atoms with E-state index in [1.54, 1.807) is 86.8 Å². The van der Waals surface area contributed by atoms with Crippen LogP contribution in [0.4, 0.5) is 11.4 Å². The van der Waals surface area contributed by atoms with Gasteiger partial charge in [-0.2, -0.15) is 0 Å². The van der Waals surface area contributed by atoms with E-state index >= 15 is 0 Å². The highest BCUT2D eigenvalue weighted by atomic mass is 16.6. The summed E-state index contributed by atoms with van der Waals surface area (Å²) in [4.78, 5) is 29.8. The summed E-state index contributed by atoms with van der Waals surface area (Å²) in [5.41, 5.74) is 2.42. The number of amides is 1. The van der Waals surface area contributed by atoms with Gasteiger partial charge in [0.2, 0.25) is 0 Å². The zero-order valence-corrected chi connectivity index (χ0v) is 18.1. The normalized spacial score (nSPS) is 10.5. The van der Waals surface area contributed by atoms with E-state index in [1.807, 2.05) is 12.1 Å². The third-order valence-electron chi connectivity index (χ3n) is 5.22. The van der Waals surface area contributed by atoms with Crippen molar-refractivity contribution in [3.63, 3.8) is 0 Å². The molecule has 1 N–H and O–H groups in total. The molecule has 0 fully saturated rings. The van der Waals surface area contributed by atoms with Crippen LogP contribution in [0.25, 0.3) is 22.4 Å². The lowest BCUT2D eigenvalue weighted by molar-refractivity contribution is -0.383. The molecule has 0 spiro atoms. The lowest BCUT2D eigenvalue weighted by Crippen LogP contribution is -2.17. The first-order valence-corrected chi connectivity index (χ1v) is 10.2. The van der Waals surface area contributed by atoms with Crippen molar-refractivity contribution in [3.05, 3.63) is 106 Å². The van der Waals surface area contributed by atoms with Gasteiger partial charge in [-0.25, -0.2) is 4.98 Å². The highest BCUT2D eigenvalue weighted by Crippen LogP contribution is 2.41. The van der Waals surface area contributed by atoms with E-state index in [2.05, 4.69) is 10.3 Å². The number of benzene rings is 3. The number of nitrogens with zero attached hydrogens (tertiary/aromatic N) is 2. The Morgan fingerprint density at radius 3 is 2.09 bits per heavy atom. The van der Waals surface area contributed by atoms with Crippen LogP contribution in [0.2, 0.25) is 0 Å². The van der Waals surface area contributed by atoms with Crippen molar-refractivity contribution in [2.24, 2.45) is 0 Å². The molecule has 0 atom stereocenters. The SMILES string of the molecule is COc1ccc(-c2c(C(=O)Nc3ccccc3)c(C)nc(-c3ccccc3)c2[N+](=O)[O-])cc1. The van der Waals surface area contributed by atoms with Crippen molar-refractivity contribution in [2.45, 2.75) is 6.92 Å². The Balaban J connectivity index is 1.99. The number of pyridine rings is 1. The standard InChI is InChI=1S/C26H21N3O4/c1-17-22(26(30)28-20-11-7-4-8-12-20)23(18-13-15-21(33-2)16-14-18)25(29(31)32)24(27-17)19-9-5-3-6-10-19/h3-16H,1-2H3,(H,28,30). The van der Waals surface area contributed by atoms with E-state index in [0.29, 0.717) is 28.3 Å². The number of nitrogens with one attached hydrogen (secondary N) is 1. The Morgan fingerprint density at radius 2 is 1.52 bits per heavy atom. The summed E-state index contributed by atoms with van der Waals surface area (Å²) in [6.45, 7) is 1.68. The van der Waals surface area contributed by atoms with Gasteiger partial charge in [0.1, 0.15) is 11.4 Å². The van der Waals surface area contributed by atoms with Gasteiger partial charge in [0.25, 0.3) is 5.91 Å². The molecule has 0 bridgehead atoms. The fourth-order valence-corrected chi connectivity index (χ4v) is 3.70. The number of anilines is 1. The summed E-state index contributed by atoms with van der Waals surface area (Å²) >= 11 is 0. The van der Waals surface area contributed by atoms with Gasteiger partial charge < -0.3 is 10.1 Å². The zero-order valence-electron chi connectivity index (χ0n) is 18.1. The monoisotopic (exact) mass is 439 g/mol. The molecule has 164 valence electrons. The molecule has 1 amide bonds. The topological polar surface area (TPSA) is 94.4 Å². The fraction of sp³-hybridized carbons (Fsp3) is 0.0769. The molecule has 1 heterocycles. The van der Waals surface area contributed by atoms with Crippen LogP contribution in [0.1, 0.15) is 16.1 Å². The van der Waals surface area contributed by atoms with Crippen LogP contribution >= 0.6 is 0 Å². The highest BCUT2D eigenvalue weighted by Gasteiger charge is 2.31. The molecule has 3 aromatic carbocycles. The summed E-state index contributed by atoms with van der Waals surface area (Å²) in [6, 6.07) is 24.7. The van der Waals surface area contributed by atoms with Gasteiger partial charge in [-0.05, 0) is 36.8 Å². The van der Waals surface area contributed by atoms with E-state index in [4.69, 9.17) is 4.74 Å². The maximum Gasteiger partial charge on any atom is 0.304 e. The van der Waals surface area contributed by atoms with Crippen LogP contribution in [0, 0.1) is 17.0 Å².